The Morgan fingerprint density at radius 1 is 1.50 bits per heavy atom. The fourth-order valence-electron chi connectivity index (χ4n) is 2.36. The fraction of sp³-hybridized carbons (Fsp3) is 0.500. The Labute approximate surface area is 113 Å². The second-order valence-corrected chi connectivity index (χ2v) is 5.40. The average Bonchev–Trinajstić information content (AvgIpc) is 2.32. The summed E-state index contributed by atoms with van der Waals surface area (Å²) in [6, 6.07) is 2.74. The summed E-state index contributed by atoms with van der Waals surface area (Å²) in [7, 11) is 0. The van der Waals surface area contributed by atoms with Crippen LogP contribution in [0.4, 0.5) is 15.8 Å². The number of halogens is 2. The van der Waals surface area contributed by atoms with Crippen LogP contribution in [0.5, 0.6) is 0 Å². The third kappa shape index (κ3) is 2.48. The van der Waals surface area contributed by atoms with E-state index in [0.29, 0.717) is 5.69 Å². The molecule has 6 heteroatoms. The van der Waals surface area contributed by atoms with E-state index in [9.17, 15) is 14.5 Å². The highest BCUT2D eigenvalue weighted by Crippen LogP contribution is 2.36. The Hall–Kier alpha value is -1.17. The third-order valence-electron chi connectivity index (χ3n) is 3.33. The highest BCUT2D eigenvalue weighted by molar-refractivity contribution is 9.10. The molecule has 1 fully saturated rings. The third-order valence-corrected chi connectivity index (χ3v) is 3.93. The van der Waals surface area contributed by atoms with Crippen LogP contribution in [0.3, 0.4) is 0 Å². The number of anilines is 1. The van der Waals surface area contributed by atoms with Gasteiger partial charge in [-0.25, -0.2) is 4.39 Å². The molecule has 0 aliphatic carbocycles. The zero-order chi connectivity index (χ0) is 13.3. The highest BCUT2D eigenvalue weighted by Gasteiger charge is 2.27. The smallest absolute Gasteiger partial charge is 0.295 e. The fourth-order valence-corrected chi connectivity index (χ4v) is 2.69. The van der Waals surface area contributed by atoms with Gasteiger partial charge < -0.3 is 4.90 Å². The molecule has 1 aliphatic heterocycles. The molecule has 2 rings (SSSR count). The van der Waals surface area contributed by atoms with E-state index in [4.69, 9.17) is 0 Å². The largest absolute Gasteiger partial charge is 0.363 e. The van der Waals surface area contributed by atoms with Gasteiger partial charge in [-0.3, -0.25) is 10.1 Å². The molecule has 1 atom stereocenters. The molecule has 0 saturated carbocycles. The Morgan fingerprint density at radius 2 is 2.22 bits per heavy atom. The van der Waals surface area contributed by atoms with Gasteiger partial charge in [0.1, 0.15) is 11.5 Å². The van der Waals surface area contributed by atoms with Crippen LogP contribution in [0, 0.1) is 15.9 Å². The number of nitro groups is 1. The lowest BCUT2D eigenvalue weighted by Crippen LogP contribution is -2.37. The maximum absolute atomic E-state index is 13.4. The number of hydrogen-bond acceptors (Lipinski definition) is 3. The molecule has 1 heterocycles. The molecule has 0 N–H and O–H groups in total. The van der Waals surface area contributed by atoms with Crippen molar-refractivity contribution in [3.05, 3.63) is 32.5 Å². The van der Waals surface area contributed by atoms with Crippen molar-refractivity contribution in [2.45, 2.75) is 32.2 Å². The number of hydrogen-bond donors (Lipinski definition) is 0. The Kier molecular flexibility index (Phi) is 3.85. The van der Waals surface area contributed by atoms with Crippen molar-refractivity contribution in [3.8, 4) is 0 Å². The first-order chi connectivity index (χ1) is 8.50. The summed E-state index contributed by atoms with van der Waals surface area (Å²) in [4.78, 5) is 12.5. The molecule has 4 nitrogen and oxygen atoms in total. The number of piperidine rings is 1. The van der Waals surface area contributed by atoms with E-state index < -0.39 is 10.7 Å². The molecule has 1 aromatic rings. The minimum Gasteiger partial charge on any atom is -0.363 e. The monoisotopic (exact) mass is 316 g/mol. The van der Waals surface area contributed by atoms with Crippen molar-refractivity contribution in [2.24, 2.45) is 0 Å². The zero-order valence-corrected chi connectivity index (χ0v) is 11.6. The predicted octanol–water partition coefficient (Wildman–Crippen LogP) is 3.88. The predicted molar refractivity (Wildman–Crippen MR) is 71.4 cm³/mol. The van der Waals surface area contributed by atoms with Crippen LogP contribution >= 0.6 is 15.9 Å². The van der Waals surface area contributed by atoms with Crippen molar-refractivity contribution >= 4 is 27.3 Å². The van der Waals surface area contributed by atoms with E-state index in [1.807, 2.05) is 11.8 Å². The molecule has 0 aromatic heterocycles. The van der Waals surface area contributed by atoms with Gasteiger partial charge in [0.25, 0.3) is 5.69 Å². The summed E-state index contributed by atoms with van der Waals surface area (Å²) < 4.78 is 13.7. The second kappa shape index (κ2) is 5.22. The molecule has 1 unspecified atom stereocenters. The maximum Gasteiger partial charge on any atom is 0.295 e. The molecule has 0 radical (unpaired) electrons. The SMILES string of the molecule is CC1CCCCN1c1cc(Br)c(F)cc1[N+](=O)[O-]. The molecule has 1 saturated heterocycles. The molecule has 0 spiro atoms. The molecule has 18 heavy (non-hydrogen) atoms. The molecule has 0 bridgehead atoms. The lowest BCUT2D eigenvalue weighted by molar-refractivity contribution is -0.384. The van der Waals surface area contributed by atoms with E-state index in [0.717, 1.165) is 31.9 Å². The topological polar surface area (TPSA) is 46.4 Å². The number of benzene rings is 1. The van der Waals surface area contributed by atoms with Gasteiger partial charge in [0.2, 0.25) is 0 Å². The van der Waals surface area contributed by atoms with Crippen LogP contribution in [0.1, 0.15) is 26.2 Å². The van der Waals surface area contributed by atoms with Crippen LogP contribution in [0.25, 0.3) is 0 Å². The minimum absolute atomic E-state index is 0.163. The standard InChI is InChI=1S/C12H14BrFN2O2/c1-8-4-2-3-5-15(8)11-6-9(13)10(14)7-12(11)16(17)18/h6-8H,2-5H2,1H3. The van der Waals surface area contributed by atoms with Crippen LogP contribution < -0.4 is 4.90 Å². The van der Waals surface area contributed by atoms with Crippen LogP contribution in [0.2, 0.25) is 0 Å². The summed E-state index contributed by atoms with van der Waals surface area (Å²) in [5, 5.41) is 11.0. The normalized spacial score (nSPS) is 19.9. The lowest BCUT2D eigenvalue weighted by Gasteiger charge is -2.35. The second-order valence-electron chi connectivity index (χ2n) is 4.55. The van der Waals surface area contributed by atoms with Crippen molar-refractivity contribution in [3.63, 3.8) is 0 Å². The van der Waals surface area contributed by atoms with Gasteiger partial charge >= 0.3 is 0 Å². The van der Waals surface area contributed by atoms with Crippen molar-refractivity contribution < 1.29 is 9.31 Å². The Morgan fingerprint density at radius 3 is 2.83 bits per heavy atom. The van der Waals surface area contributed by atoms with Gasteiger partial charge in [-0.2, -0.15) is 0 Å². The quantitative estimate of drug-likeness (QED) is 0.614. The first-order valence-corrected chi connectivity index (χ1v) is 6.70. The van der Waals surface area contributed by atoms with Gasteiger partial charge in [0.05, 0.1) is 15.5 Å². The number of rotatable bonds is 2. The van der Waals surface area contributed by atoms with E-state index >= 15 is 0 Å². The molecule has 0 amide bonds. The van der Waals surface area contributed by atoms with Crippen LogP contribution in [-0.4, -0.2) is 17.5 Å². The summed E-state index contributed by atoms with van der Waals surface area (Å²) in [5.74, 6) is -0.602. The van der Waals surface area contributed by atoms with Crippen LogP contribution in [0.15, 0.2) is 16.6 Å². The highest BCUT2D eigenvalue weighted by atomic mass is 79.9. The number of nitro benzene ring substituents is 1. The van der Waals surface area contributed by atoms with Crippen LogP contribution in [-0.2, 0) is 0 Å². The molecule has 1 aromatic carbocycles. The summed E-state index contributed by atoms with van der Waals surface area (Å²) >= 11 is 3.09. The minimum atomic E-state index is -0.602. The van der Waals surface area contributed by atoms with Crippen molar-refractivity contribution in [2.75, 3.05) is 11.4 Å². The van der Waals surface area contributed by atoms with Gasteiger partial charge in [0, 0.05) is 12.6 Å². The molecule has 98 valence electrons. The average molecular weight is 317 g/mol. The van der Waals surface area contributed by atoms with E-state index in [1.54, 1.807) is 0 Å². The summed E-state index contributed by atoms with van der Waals surface area (Å²) in [6.45, 7) is 2.82. The van der Waals surface area contributed by atoms with E-state index in [2.05, 4.69) is 15.9 Å². The summed E-state index contributed by atoms with van der Waals surface area (Å²) in [5.41, 5.74) is 0.338. The summed E-state index contributed by atoms with van der Waals surface area (Å²) in [6.07, 6.45) is 3.15. The molecular weight excluding hydrogens is 303 g/mol. The lowest BCUT2D eigenvalue weighted by atomic mass is 10.0. The van der Waals surface area contributed by atoms with Gasteiger partial charge in [0.15, 0.2) is 0 Å². The van der Waals surface area contributed by atoms with Crippen molar-refractivity contribution in [1.82, 2.24) is 0 Å². The maximum atomic E-state index is 13.4. The van der Waals surface area contributed by atoms with E-state index in [1.165, 1.54) is 6.07 Å². The zero-order valence-electron chi connectivity index (χ0n) is 10.0. The first kappa shape index (κ1) is 13.3. The van der Waals surface area contributed by atoms with Gasteiger partial charge in [-0.1, -0.05) is 0 Å². The Bertz CT molecular complexity index is 481. The van der Waals surface area contributed by atoms with E-state index in [-0.39, 0.29) is 16.2 Å². The van der Waals surface area contributed by atoms with Gasteiger partial charge in [-0.05, 0) is 48.2 Å². The van der Waals surface area contributed by atoms with Gasteiger partial charge in [-0.15, -0.1) is 0 Å². The molecular formula is C12H14BrFN2O2. The number of nitrogens with zero attached hydrogens (tertiary/aromatic N) is 2. The Balaban J connectivity index is 2.47. The molecule has 1 aliphatic rings. The first-order valence-electron chi connectivity index (χ1n) is 5.91. The van der Waals surface area contributed by atoms with Crippen molar-refractivity contribution in [1.29, 1.82) is 0 Å².